The number of hydrogen-bond donors (Lipinski definition) is 0. The van der Waals surface area contributed by atoms with Crippen LogP contribution in [0.3, 0.4) is 0 Å². The summed E-state index contributed by atoms with van der Waals surface area (Å²) in [6.07, 6.45) is 3.68. The van der Waals surface area contributed by atoms with E-state index in [4.69, 9.17) is 4.74 Å². The summed E-state index contributed by atoms with van der Waals surface area (Å²) in [7, 11) is 3.37. The van der Waals surface area contributed by atoms with Crippen molar-refractivity contribution in [3.8, 4) is 11.4 Å². The van der Waals surface area contributed by atoms with Crippen molar-refractivity contribution >= 4 is 39.1 Å². The van der Waals surface area contributed by atoms with Crippen molar-refractivity contribution in [1.29, 1.82) is 0 Å². The zero-order valence-electron chi connectivity index (χ0n) is 15.6. The van der Waals surface area contributed by atoms with Gasteiger partial charge in [-0.05, 0) is 23.6 Å². The topological polar surface area (TPSA) is 79.2 Å². The normalized spacial score (nSPS) is 11.5. The van der Waals surface area contributed by atoms with Crippen LogP contribution in [0.5, 0.6) is 5.75 Å². The summed E-state index contributed by atoms with van der Waals surface area (Å²) < 4.78 is 11.5. The van der Waals surface area contributed by atoms with Gasteiger partial charge in [-0.2, -0.15) is 0 Å². The Kier molecular flexibility index (Phi) is 4.36. The summed E-state index contributed by atoms with van der Waals surface area (Å²) in [5, 5.41) is 11.3. The lowest BCUT2D eigenvalue weighted by Crippen LogP contribution is -2.19. The Hall–Kier alpha value is -3.11. The van der Waals surface area contributed by atoms with E-state index in [1.807, 2.05) is 50.9 Å². The Balaban J connectivity index is 1.51. The molecule has 10 heteroatoms. The van der Waals surface area contributed by atoms with Crippen molar-refractivity contribution in [2.45, 2.75) is 10.9 Å². The van der Waals surface area contributed by atoms with Gasteiger partial charge < -0.3 is 4.74 Å². The van der Waals surface area contributed by atoms with Crippen LogP contribution < -0.4 is 10.3 Å². The van der Waals surface area contributed by atoms with Gasteiger partial charge in [-0.1, -0.05) is 17.8 Å². The Labute approximate surface area is 173 Å². The molecule has 5 rings (SSSR count). The molecular weight excluding hydrogens is 408 g/mol. The number of rotatable bonds is 5. The van der Waals surface area contributed by atoms with E-state index in [-0.39, 0.29) is 5.56 Å². The van der Waals surface area contributed by atoms with Crippen molar-refractivity contribution in [2.24, 2.45) is 7.05 Å². The summed E-state index contributed by atoms with van der Waals surface area (Å²) >= 11 is 2.99. The van der Waals surface area contributed by atoms with Crippen molar-refractivity contribution < 1.29 is 4.74 Å². The third kappa shape index (κ3) is 2.91. The first-order chi connectivity index (χ1) is 14.2. The second-order valence-electron chi connectivity index (χ2n) is 6.32. The van der Waals surface area contributed by atoms with Crippen LogP contribution in [0.15, 0.2) is 58.1 Å². The predicted molar refractivity (Wildman–Crippen MR) is 113 cm³/mol. The molecule has 0 atom stereocenters. The molecule has 0 N–H and O–H groups in total. The summed E-state index contributed by atoms with van der Waals surface area (Å²) in [6, 6.07) is 9.76. The molecule has 4 aromatic heterocycles. The number of nitrogens with zero attached hydrogens (tertiary/aromatic N) is 6. The van der Waals surface area contributed by atoms with E-state index in [0.29, 0.717) is 16.2 Å². The maximum absolute atomic E-state index is 12.5. The Morgan fingerprint density at radius 1 is 1.24 bits per heavy atom. The molecule has 5 aromatic rings. The number of thiophene rings is 1. The minimum absolute atomic E-state index is 0.0531. The summed E-state index contributed by atoms with van der Waals surface area (Å²) in [6.45, 7) is 0. The first kappa shape index (κ1) is 18.0. The minimum atomic E-state index is -0.0531. The molecule has 0 radical (unpaired) electrons. The standard InChI is InChI=1S/C19H16N6O2S2/c1-23-17(26)16-14(6-9-28-16)25-15(21-22-18(23)25)11-29-19-20-7-8-24(19)12-4-3-5-13(10-12)27-2/h3-10H,11H2,1-2H3. The van der Waals surface area contributed by atoms with E-state index in [2.05, 4.69) is 15.2 Å². The molecule has 0 saturated carbocycles. The quantitative estimate of drug-likeness (QED) is 0.403. The average Bonchev–Trinajstić information content (AvgIpc) is 3.49. The summed E-state index contributed by atoms with van der Waals surface area (Å²) in [5.74, 6) is 2.65. The van der Waals surface area contributed by atoms with Gasteiger partial charge in [0.2, 0.25) is 5.78 Å². The lowest BCUT2D eigenvalue weighted by Gasteiger charge is -2.09. The van der Waals surface area contributed by atoms with E-state index in [0.717, 1.165) is 27.9 Å². The lowest BCUT2D eigenvalue weighted by molar-refractivity contribution is 0.414. The van der Waals surface area contributed by atoms with Crippen molar-refractivity contribution in [3.63, 3.8) is 0 Å². The highest BCUT2D eigenvalue weighted by molar-refractivity contribution is 7.98. The van der Waals surface area contributed by atoms with Crippen LogP contribution in [0.2, 0.25) is 0 Å². The van der Waals surface area contributed by atoms with Gasteiger partial charge in [0.15, 0.2) is 5.16 Å². The van der Waals surface area contributed by atoms with Gasteiger partial charge in [-0.3, -0.25) is 18.3 Å². The molecule has 0 aliphatic carbocycles. The van der Waals surface area contributed by atoms with E-state index in [1.165, 1.54) is 15.9 Å². The van der Waals surface area contributed by atoms with Gasteiger partial charge in [-0.15, -0.1) is 21.5 Å². The fourth-order valence-corrected chi connectivity index (χ4v) is 4.97. The Bertz CT molecular complexity index is 1400. The van der Waals surface area contributed by atoms with Gasteiger partial charge >= 0.3 is 0 Å². The molecule has 0 bridgehead atoms. The second kappa shape index (κ2) is 7.05. The van der Waals surface area contributed by atoms with Crippen LogP contribution in [0.25, 0.3) is 21.7 Å². The number of fused-ring (bicyclic) bond motifs is 3. The molecule has 0 spiro atoms. The number of ether oxygens (including phenoxy) is 1. The average molecular weight is 425 g/mol. The Morgan fingerprint density at radius 2 is 2.14 bits per heavy atom. The molecule has 0 aliphatic rings. The molecule has 0 unspecified atom stereocenters. The Morgan fingerprint density at radius 3 is 3.00 bits per heavy atom. The lowest BCUT2D eigenvalue weighted by atomic mass is 10.3. The number of hydrogen-bond acceptors (Lipinski definition) is 7. The van der Waals surface area contributed by atoms with Crippen LogP contribution >= 0.6 is 23.1 Å². The second-order valence-corrected chi connectivity index (χ2v) is 8.18. The van der Waals surface area contributed by atoms with Crippen molar-refractivity contribution in [2.75, 3.05) is 7.11 Å². The highest BCUT2D eigenvalue weighted by Gasteiger charge is 2.16. The van der Waals surface area contributed by atoms with E-state index in [1.54, 1.807) is 32.1 Å². The molecular formula is C19H16N6O2S2. The highest BCUT2D eigenvalue weighted by Crippen LogP contribution is 2.27. The molecule has 0 fully saturated rings. The summed E-state index contributed by atoms with van der Waals surface area (Å²) in [4.78, 5) is 17.0. The third-order valence-corrected chi connectivity index (χ3v) is 6.52. The minimum Gasteiger partial charge on any atom is -0.497 e. The first-order valence-corrected chi connectivity index (χ1v) is 10.6. The van der Waals surface area contributed by atoms with Crippen LogP contribution in [-0.4, -0.2) is 35.8 Å². The molecule has 8 nitrogen and oxygen atoms in total. The first-order valence-electron chi connectivity index (χ1n) is 8.78. The van der Waals surface area contributed by atoms with Crippen LogP contribution in [0.4, 0.5) is 0 Å². The zero-order valence-corrected chi connectivity index (χ0v) is 17.3. The van der Waals surface area contributed by atoms with Gasteiger partial charge in [0, 0.05) is 25.5 Å². The number of imidazole rings is 1. The number of thioether (sulfide) groups is 1. The smallest absolute Gasteiger partial charge is 0.272 e. The number of methoxy groups -OCH3 is 1. The maximum Gasteiger partial charge on any atom is 0.272 e. The van der Waals surface area contributed by atoms with Crippen molar-refractivity contribution in [3.05, 3.63) is 64.3 Å². The molecule has 0 aliphatic heterocycles. The van der Waals surface area contributed by atoms with E-state index < -0.39 is 0 Å². The van der Waals surface area contributed by atoms with Crippen LogP contribution in [0, 0.1) is 0 Å². The van der Waals surface area contributed by atoms with Gasteiger partial charge in [0.1, 0.15) is 16.3 Å². The third-order valence-electron chi connectivity index (χ3n) is 4.67. The van der Waals surface area contributed by atoms with Crippen LogP contribution in [-0.2, 0) is 12.8 Å². The van der Waals surface area contributed by atoms with Gasteiger partial charge in [0.05, 0.1) is 24.1 Å². The van der Waals surface area contributed by atoms with E-state index in [9.17, 15) is 4.79 Å². The van der Waals surface area contributed by atoms with Gasteiger partial charge in [0.25, 0.3) is 5.56 Å². The number of benzene rings is 1. The number of aryl methyl sites for hydroxylation is 1. The summed E-state index contributed by atoms with van der Waals surface area (Å²) in [5.41, 5.74) is 1.76. The predicted octanol–water partition coefficient (Wildman–Crippen LogP) is 3.13. The zero-order chi connectivity index (χ0) is 20.0. The largest absolute Gasteiger partial charge is 0.497 e. The number of aromatic nitrogens is 6. The fraction of sp³-hybridized carbons (Fsp3) is 0.158. The molecule has 0 saturated heterocycles. The molecule has 0 amide bonds. The SMILES string of the molecule is COc1cccc(-n2ccnc2SCc2nnc3n(C)c(=O)c4sccc4n23)c1. The highest BCUT2D eigenvalue weighted by atomic mass is 32.2. The fourth-order valence-electron chi connectivity index (χ4n) is 3.23. The van der Waals surface area contributed by atoms with E-state index >= 15 is 0 Å². The molecule has 146 valence electrons. The maximum atomic E-state index is 12.5. The molecule has 29 heavy (non-hydrogen) atoms. The molecule has 4 heterocycles. The molecule has 1 aromatic carbocycles. The van der Waals surface area contributed by atoms with Gasteiger partial charge in [-0.25, -0.2) is 4.98 Å². The monoisotopic (exact) mass is 424 g/mol. The van der Waals surface area contributed by atoms with Crippen molar-refractivity contribution in [1.82, 2.24) is 28.7 Å². The van der Waals surface area contributed by atoms with Crippen LogP contribution in [0.1, 0.15) is 5.82 Å².